The molecule has 4 N–H and O–H groups in total. The molecule has 1 heterocycles. The lowest BCUT2D eigenvalue weighted by atomic mass is 10.1. The standard InChI is InChI=1S/C16H21N5O2S/c1-10(2)14(22)19-12-6-3-5-11(9-12)15(23)18-8-4-7-13-20-21-16(17)24-13/h3,5-6,9-10H,4,7-8H2,1-2H3,(H2,17,21)(H,18,23)(H,19,22). The molecule has 2 amide bonds. The Bertz CT molecular complexity index is 714. The van der Waals surface area contributed by atoms with Crippen LogP contribution in [0, 0.1) is 5.92 Å². The van der Waals surface area contributed by atoms with Crippen molar-refractivity contribution in [2.75, 3.05) is 17.6 Å². The summed E-state index contributed by atoms with van der Waals surface area (Å²) in [6, 6.07) is 6.89. The van der Waals surface area contributed by atoms with Crippen LogP contribution in [0.5, 0.6) is 0 Å². The number of carbonyl (C=O) groups excluding carboxylic acids is 2. The summed E-state index contributed by atoms with van der Waals surface area (Å²) in [7, 11) is 0. The van der Waals surface area contributed by atoms with Crippen LogP contribution in [0.3, 0.4) is 0 Å². The van der Waals surface area contributed by atoms with Crippen LogP contribution in [-0.2, 0) is 11.2 Å². The van der Waals surface area contributed by atoms with Crippen LogP contribution in [0.2, 0.25) is 0 Å². The minimum absolute atomic E-state index is 0.0797. The molecule has 0 spiro atoms. The van der Waals surface area contributed by atoms with Crippen LogP contribution >= 0.6 is 11.3 Å². The molecule has 2 rings (SSSR count). The van der Waals surface area contributed by atoms with Crippen molar-refractivity contribution in [3.8, 4) is 0 Å². The molecule has 0 aliphatic heterocycles. The van der Waals surface area contributed by atoms with Crippen molar-refractivity contribution >= 4 is 34.0 Å². The van der Waals surface area contributed by atoms with E-state index in [1.165, 1.54) is 11.3 Å². The summed E-state index contributed by atoms with van der Waals surface area (Å²) in [5.41, 5.74) is 6.65. The van der Waals surface area contributed by atoms with Gasteiger partial charge in [-0.15, -0.1) is 10.2 Å². The van der Waals surface area contributed by atoms with Crippen LogP contribution in [-0.4, -0.2) is 28.6 Å². The van der Waals surface area contributed by atoms with E-state index in [1.807, 2.05) is 13.8 Å². The first-order valence-corrected chi connectivity index (χ1v) is 8.54. The number of nitrogen functional groups attached to an aromatic ring is 1. The molecule has 0 aliphatic carbocycles. The zero-order chi connectivity index (χ0) is 17.5. The maximum Gasteiger partial charge on any atom is 0.251 e. The molecule has 1 aromatic heterocycles. The third kappa shape index (κ3) is 5.31. The van der Waals surface area contributed by atoms with Gasteiger partial charge in [-0.1, -0.05) is 31.3 Å². The predicted molar refractivity (Wildman–Crippen MR) is 94.9 cm³/mol. The average Bonchev–Trinajstić information content (AvgIpc) is 2.97. The molecule has 1 aromatic carbocycles. The molecule has 0 radical (unpaired) electrons. The second-order valence-electron chi connectivity index (χ2n) is 5.62. The first-order valence-electron chi connectivity index (χ1n) is 7.72. The van der Waals surface area contributed by atoms with Crippen LogP contribution in [0.4, 0.5) is 10.8 Å². The Hall–Kier alpha value is -2.48. The number of nitrogens with one attached hydrogen (secondary N) is 2. The topological polar surface area (TPSA) is 110 Å². The number of nitrogens with zero attached hydrogens (tertiary/aromatic N) is 2. The number of carbonyl (C=O) groups is 2. The van der Waals surface area contributed by atoms with Crippen molar-refractivity contribution in [2.45, 2.75) is 26.7 Å². The number of aromatic nitrogens is 2. The highest BCUT2D eigenvalue weighted by molar-refractivity contribution is 7.15. The summed E-state index contributed by atoms with van der Waals surface area (Å²) in [5, 5.41) is 14.6. The fourth-order valence-electron chi connectivity index (χ4n) is 1.94. The van der Waals surface area contributed by atoms with Gasteiger partial charge in [-0.2, -0.15) is 0 Å². The molecule has 24 heavy (non-hydrogen) atoms. The third-order valence-corrected chi connectivity index (χ3v) is 4.06. The Labute approximate surface area is 144 Å². The molecular formula is C16H21N5O2S. The van der Waals surface area contributed by atoms with Gasteiger partial charge in [0.2, 0.25) is 11.0 Å². The number of aryl methyl sites for hydroxylation is 1. The van der Waals surface area contributed by atoms with Gasteiger partial charge in [0.05, 0.1) is 0 Å². The van der Waals surface area contributed by atoms with E-state index in [4.69, 9.17) is 5.73 Å². The smallest absolute Gasteiger partial charge is 0.251 e. The molecule has 0 saturated carbocycles. The number of anilines is 2. The van der Waals surface area contributed by atoms with Gasteiger partial charge in [0.25, 0.3) is 5.91 Å². The zero-order valence-electron chi connectivity index (χ0n) is 13.7. The monoisotopic (exact) mass is 347 g/mol. The van der Waals surface area contributed by atoms with E-state index in [9.17, 15) is 9.59 Å². The van der Waals surface area contributed by atoms with E-state index in [-0.39, 0.29) is 17.7 Å². The van der Waals surface area contributed by atoms with E-state index in [0.29, 0.717) is 22.9 Å². The van der Waals surface area contributed by atoms with Crippen LogP contribution in [0.25, 0.3) is 0 Å². The normalized spacial score (nSPS) is 10.6. The first-order chi connectivity index (χ1) is 11.5. The van der Waals surface area contributed by atoms with Crippen molar-refractivity contribution in [1.29, 1.82) is 0 Å². The Kier molecular flexibility index (Phi) is 6.25. The molecule has 0 atom stereocenters. The summed E-state index contributed by atoms with van der Waals surface area (Å²) < 4.78 is 0. The fourth-order valence-corrected chi connectivity index (χ4v) is 2.59. The summed E-state index contributed by atoms with van der Waals surface area (Å²) in [6.45, 7) is 4.16. The summed E-state index contributed by atoms with van der Waals surface area (Å²) >= 11 is 1.36. The molecular weight excluding hydrogens is 326 g/mol. The maximum atomic E-state index is 12.2. The molecule has 0 bridgehead atoms. The van der Waals surface area contributed by atoms with E-state index >= 15 is 0 Å². The average molecular weight is 347 g/mol. The highest BCUT2D eigenvalue weighted by atomic mass is 32.1. The van der Waals surface area contributed by atoms with Gasteiger partial charge < -0.3 is 16.4 Å². The molecule has 0 fully saturated rings. The highest BCUT2D eigenvalue weighted by Gasteiger charge is 2.10. The first kappa shape index (κ1) is 17.9. The van der Waals surface area contributed by atoms with Crippen molar-refractivity contribution in [1.82, 2.24) is 15.5 Å². The number of amides is 2. The second-order valence-corrected chi connectivity index (χ2v) is 6.71. The SMILES string of the molecule is CC(C)C(=O)Nc1cccc(C(=O)NCCCc2nnc(N)s2)c1. The van der Waals surface area contributed by atoms with E-state index in [0.717, 1.165) is 17.8 Å². The largest absolute Gasteiger partial charge is 0.374 e. The number of nitrogens with two attached hydrogens (primary N) is 1. The van der Waals surface area contributed by atoms with Gasteiger partial charge in [0.15, 0.2) is 0 Å². The highest BCUT2D eigenvalue weighted by Crippen LogP contribution is 2.13. The van der Waals surface area contributed by atoms with E-state index in [2.05, 4.69) is 20.8 Å². The van der Waals surface area contributed by atoms with Crippen molar-refractivity contribution in [3.05, 3.63) is 34.8 Å². The Morgan fingerprint density at radius 3 is 2.75 bits per heavy atom. The summed E-state index contributed by atoms with van der Waals surface area (Å²) in [4.78, 5) is 23.9. The van der Waals surface area contributed by atoms with Gasteiger partial charge >= 0.3 is 0 Å². The van der Waals surface area contributed by atoms with Gasteiger partial charge in [-0.25, -0.2) is 0 Å². The second kappa shape index (κ2) is 8.39. The van der Waals surface area contributed by atoms with Gasteiger partial charge in [-0.3, -0.25) is 9.59 Å². The molecule has 7 nitrogen and oxygen atoms in total. The molecule has 0 saturated heterocycles. The van der Waals surface area contributed by atoms with E-state index in [1.54, 1.807) is 24.3 Å². The zero-order valence-corrected chi connectivity index (χ0v) is 14.5. The van der Waals surface area contributed by atoms with Gasteiger partial charge in [-0.05, 0) is 24.6 Å². The summed E-state index contributed by atoms with van der Waals surface area (Å²) in [5.74, 6) is -0.367. The van der Waals surface area contributed by atoms with E-state index < -0.39 is 0 Å². The van der Waals surface area contributed by atoms with Crippen molar-refractivity contribution in [3.63, 3.8) is 0 Å². The van der Waals surface area contributed by atoms with Crippen LogP contribution in [0.1, 0.15) is 35.6 Å². The molecule has 8 heteroatoms. The minimum Gasteiger partial charge on any atom is -0.374 e. The number of rotatable bonds is 7. The predicted octanol–water partition coefficient (Wildman–Crippen LogP) is 2.08. The third-order valence-electron chi connectivity index (χ3n) is 3.25. The van der Waals surface area contributed by atoms with Crippen molar-refractivity contribution in [2.24, 2.45) is 5.92 Å². The van der Waals surface area contributed by atoms with Crippen LogP contribution in [0.15, 0.2) is 24.3 Å². The molecule has 0 unspecified atom stereocenters. The quantitative estimate of drug-likeness (QED) is 0.664. The maximum absolute atomic E-state index is 12.2. The lowest BCUT2D eigenvalue weighted by Crippen LogP contribution is -2.25. The van der Waals surface area contributed by atoms with Crippen molar-refractivity contribution < 1.29 is 9.59 Å². The Morgan fingerprint density at radius 1 is 1.29 bits per heavy atom. The number of hydrogen-bond acceptors (Lipinski definition) is 6. The fraction of sp³-hybridized carbons (Fsp3) is 0.375. The molecule has 2 aromatic rings. The number of hydrogen-bond donors (Lipinski definition) is 3. The van der Waals surface area contributed by atoms with Gasteiger partial charge in [0, 0.05) is 30.1 Å². The Morgan fingerprint density at radius 2 is 2.08 bits per heavy atom. The lowest BCUT2D eigenvalue weighted by molar-refractivity contribution is -0.118. The lowest BCUT2D eigenvalue weighted by Gasteiger charge is -2.09. The summed E-state index contributed by atoms with van der Waals surface area (Å²) in [6.07, 6.45) is 1.48. The molecule has 128 valence electrons. The van der Waals surface area contributed by atoms with Gasteiger partial charge in [0.1, 0.15) is 5.01 Å². The minimum atomic E-state index is -0.174. The number of benzene rings is 1. The molecule has 0 aliphatic rings. The Balaban J connectivity index is 1.82. The van der Waals surface area contributed by atoms with Crippen LogP contribution < -0.4 is 16.4 Å².